The zero-order valence-electron chi connectivity index (χ0n) is 10.2. The third kappa shape index (κ3) is 5.81. The summed E-state index contributed by atoms with van der Waals surface area (Å²) in [5.74, 6) is 0. The largest absolute Gasteiger partial charge is 0.380 e. The number of rotatable bonds is 6. The molecule has 0 saturated heterocycles. The molecule has 0 radical (unpaired) electrons. The number of hydrogen-bond acceptors (Lipinski definition) is 2. The summed E-state index contributed by atoms with van der Waals surface area (Å²) in [4.78, 5) is 4.47. The van der Waals surface area contributed by atoms with Crippen LogP contribution >= 0.6 is 0 Å². The van der Waals surface area contributed by atoms with E-state index in [1.807, 2.05) is 0 Å². The standard InChI is InChI=1S/C12H24N2/c1-6-8-9-10-12(13(3)4)11-14(5)7-2/h8-10H,6-7,11H2,1-5H3/b9-8-,12-10-. The van der Waals surface area contributed by atoms with E-state index in [9.17, 15) is 0 Å². The van der Waals surface area contributed by atoms with Crippen LogP contribution in [-0.2, 0) is 0 Å². The predicted octanol–water partition coefficient (Wildman–Crippen LogP) is 2.35. The van der Waals surface area contributed by atoms with E-state index in [2.05, 4.69) is 63.0 Å². The second kappa shape index (κ2) is 7.63. The van der Waals surface area contributed by atoms with Crippen molar-refractivity contribution in [3.63, 3.8) is 0 Å². The highest BCUT2D eigenvalue weighted by atomic mass is 15.2. The molecule has 2 heteroatoms. The van der Waals surface area contributed by atoms with Gasteiger partial charge in [-0.05, 0) is 26.1 Å². The monoisotopic (exact) mass is 196 g/mol. The molecule has 0 aromatic rings. The minimum atomic E-state index is 1.01. The third-order valence-corrected chi connectivity index (χ3v) is 2.21. The summed E-state index contributed by atoms with van der Waals surface area (Å²) in [6, 6.07) is 0. The van der Waals surface area contributed by atoms with Gasteiger partial charge in [0.05, 0.1) is 0 Å². The van der Waals surface area contributed by atoms with Gasteiger partial charge in [0.25, 0.3) is 0 Å². The zero-order chi connectivity index (χ0) is 11.0. The van der Waals surface area contributed by atoms with E-state index in [1.54, 1.807) is 0 Å². The van der Waals surface area contributed by atoms with Crippen LogP contribution in [0.3, 0.4) is 0 Å². The maximum atomic E-state index is 2.30. The minimum absolute atomic E-state index is 1.01. The first-order valence-corrected chi connectivity index (χ1v) is 5.33. The Morgan fingerprint density at radius 3 is 2.21 bits per heavy atom. The molecule has 0 aliphatic rings. The van der Waals surface area contributed by atoms with Crippen molar-refractivity contribution in [3.8, 4) is 0 Å². The van der Waals surface area contributed by atoms with Crippen molar-refractivity contribution in [1.29, 1.82) is 0 Å². The predicted molar refractivity (Wildman–Crippen MR) is 64.4 cm³/mol. The van der Waals surface area contributed by atoms with Crippen LogP contribution < -0.4 is 0 Å². The van der Waals surface area contributed by atoms with Gasteiger partial charge < -0.3 is 9.80 Å². The molecule has 2 nitrogen and oxygen atoms in total. The van der Waals surface area contributed by atoms with Crippen molar-refractivity contribution in [2.24, 2.45) is 0 Å². The van der Waals surface area contributed by atoms with Gasteiger partial charge in [0, 0.05) is 26.3 Å². The van der Waals surface area contributed by atoms with Crippen molar-refractivity contribution >= 4 is 0 Å². The van der Waals surface area contributed by atoms with Crippen LogP contribution in [0.15, 0.2) is 23.9 Å². The highest BCUT2D eigenvalue weighted by Gasteiger charge is 2.01. The Kier molecular flexibility index (Phi) is 7.21. The Morgan fingerprint density at radius 1 is 1.14 bits per heavy atom. The average molecular weight is 196 g/mol. The first-order chi connectivity index (χ1) is 6.61. The van der Waals surface area contributed by atoms with Crippen LogP contribution in [0.25, 0.3) is 0 Å². The fraction of sp³-hybridized carbons (Fsp3) is 0.667. The fourth-order valence-corrected chi connectivity index (χ4v) is 1.05. The lowest BCUT2D eigenvalue weighted by atomic mass is 10.3. The summed E-state index contributed by atoms with van der Waals surface area (Å²) < 4.78 is 0. The van der Waals surface area contributed by atoms with Gasteiger partial charge in [0.2, 0.25) is 0 Å². The van der Waals surface area contributed by atoms with E-state index in [0.29, 0.717) is 0 Å². The molecule has 14 heavy (non-hydrogen) atoms. The quantitative estimate of drug-likeness (QED) is 0.602. The lowest BCUT2D eigenvalue weighted by Gasteiger charge is -2.22. The topological polar surface area (TPSA) is 6.48 Å². The fourth-order valence-electron chi connectivity index (χ4n) is 1.05. The Balaban J connectivity index is 4.28. The molecule has 82 valence electrons. The van der Waals surface area contributed by atoms with Crippen molar-refractivity contribution in [3.05, 3.63) is 23.9 Å². The third-order valence-electron chi connectivity index (χ3n) is 2.21. The Hall–Kier alpha value is -0.760. The van der Waals surface area contributed by atoms with Crippen molar-refractivity contribution in [2.45, 2.75) is 20.3 Å². The Bertz CT molecular complexity index is 192. The smallest absolute Gasteiger partial charge is 0.0380 e. The number of hydrogen-bond donors (Lipinski definition) is 0. The maximum absolute atomic E-state index is 2.30. The van der Waals surface area contributed by atoms with Crippen LogP contribution in [-0.4, -0.2) is 44.0 Å². The maximum Gasteiger partial charge on any atom is 0.0380 e. The molecule has 0 fully saturated rings. The zero-order valence-corrected chi connectivity index (χ0v) is 10.2. The second-order valence-electron chi connectivity index (χ2n) is 3.72. The first kappa shape index (κ1) is 13.2. The molecule has 0 amide bonds. The number of nitrogens with zero attached hydrogens (tertiary/aromatic N) is 2. The van der Waals surface area contributed by atoms with Gasteiger partial charge in [-0.25, -0.2) is 0 Å². The normalized spacial score (nSPS) is 12.9. The molecule has 0 bridgehead atoms. The highest BCUT2D eigenvalue weighted by Crippen LogP contribution is 2.01. The van der Waals surface area contributed by atoms with Gasteiger partial charge in [-0.2, -0.15) is 0 Å². The molecular weight excluding hydrogens is 172 g/mol. The van der Waals surface area contributed by atoms with Gasteiger partial charge in [-0.15, -0.1) is 0 Å². The van der Waals surface area contributed by atoms with E-state index in [-0.39, 0.29) is 0 Å². The average Bonchev–Trinajstić information content (AvgIpc) is 2.16. The number of likely N-dealkylation sites (N-methyl/N-ethyl adjacent to an activating group) is 2. The lowest BCUT2D eigenvalue weighted by molar-refractivity contribution is 0.341. The highest BCUT2D eigenvalue weighted by molar-refractivity contribution is 5.12. The molecule has 0 unspecified atom stereocenters. The van der Waals surface area contributed by atoms with Crippen molar-refractivity contribution in [1.82, 2.24) is 9.80 Å². The molecule has 0 atom stereocenters. The van der Waals surface area contributed by atoms with Gasteiger partial charge in [0.1, 0.15) is 0 Å². The summed E-state index contributed by atoms with van der Waals surface area (Å²) in [5, 5.41) is 0. The van der Waals surface area contributed by atoms with E-state index < -0.39 is 0 Å². The molecule has 0 aliphatic heterocycles. The first-order valence-electron chi connectivity index (χ1n) is 5.33. The van der Waals surface area contributed by atoms with Gasteiger partial charge in [0.15, 0.2) is 0 Å². The molecule has 0 aromatic heterocycles. The van der Waals surface area contributed by atoms with E-state index >= 15 is 0 Å². The molecule has 0 spiro atoms. The van der Waals surface area contributed by atoms with E-state index in [1.165, 1.54) is 5.70 Å². The molecule has 0 aromatic carbocycles. The van der Waals surface area contributed by atoms with Crippen LogP contribution in [0.1, 0.15) is 20.3 Å². The van der Waals surface area contributed by atoms with Crippen LogP contribution in [0, 0.1) is 0 Å². The lowest BCUT2D eigenvalue weighted by Crippen LogP contribution is -2.26. The van der Waals surface area contributed by atoms with Crippen molar-refractivity contribution < 1.29 is 0 Å². The molecule has 0 aliphatic carbocycles. The van der Waals surface area contributed by atoms with Crippen LogP contribution in [0.5, 0.6) is 0 Å². The summed E-state index contributed by atoms with van der Waals surface area (Å²) in [5.41, 5.74) is 1.35. The van der Waals surface area contributed by atoms with E-state index in [0.717, 1.165) is 19.5 Å². The summed E-state index contributed by atoms with van der Waals surface area (Å²) in [7, 11) is 6.32. The molecule has 0 rings (SSSR count). The summed E-state index contributed by atoms with van der Waals surface area (Å²) in [6.07, 6.45) is 7.60. The molecule has 0 N–H and O–H groups in total. The van der Waals surface area contributed by atoms with Crippen molar-refractivity contribution in [2.75, 3.05) is 34.2 Å². The second-order valence-corrected chi connectivity index (χ2v) is 3.72. The van der Waals surface area contributed by atoms with Gasteiger partial charge >= 0.3 is 0 Å². The summed E-state index contributed by atoms with van der Waals surface area (Å²) in [6.45, 7) is 6.42. The van der Waals surface area contributed by atoms with E-state index in [4.69, 9.17) is 0 Å². The SMILES string of the molecule is CC/C=C\C=C(\CN(C)CC)N(C)C. The Morgan fingerprint density at radius 2 is 1.79 bits per heavy atom. The van der Waals surface area contributed by atoms with Crippen LogP contribution in [0.2, 0.25) is 0 Å². The van der Waals surface area contributed by atoms with Gasteiger partial charge in [-0.3, -0.25) is 0 Å². The molecule has 0 saturated carbocycles. The van der Waals surface area contributed by atoms with Gasteiger partial charge in [-0.1, -0.05) is 26.0 Å². The Labute approximate surface area is 88.9 Å². The minimum Gasteiger partial charge on any atom is -0.380 e. The summed E-state index contributed by atoms with van der Waals surface area (Å²) >= 11 is 0. The number of allylic oxidation sites excluding steroid dienone is 3. The molecular formula is C12H24N2. The van der Waals surface area contributed by atoms with Crippen LogP contribution in [0.4, 0.5) is 0 Å². The molecule has 0 heterocycles.